The van der Waals surface area contributed by atoms with Crippen molar-refractivity contribution in [3.8, 4) is 0 Å². The number of benzene rings is 3. The fraction of sp³-hybridized carbons (Fsp3) is 0.269. The van der Waals surface area contributed by atoms with Crippen molar-refractivity contribution < 1.29 is 13.2 Å². The summed E-state index contributed by atoms with van der Waals surface area (Å²) in [4.78, 5) is 13.2. The average molecular weight is 451 g/mol. The monoisotopic (exact) mass is 450 g/mol. The van der Waals surface area contributed by atoms with Gasteiger partial charge in [-0.2, -0.15) is 0 Å². The Morgan fingerprint density at radius 1 is 0.844 bits per heavy atom. The topological polar surface area (TPSA) is 66.5 Å². The summed E-state index contributed by atoms with van der Waals surface area (Å²) in [6.45, 7) is 9.56. The largest absolute Gasteiger partial charge is 0.348 e. The van der Waals surface area contributed by atoms with Crippen LogP contribution in [0.4, 0.5) is 5.69 Å². The first-order valence-electron chi connectivity index (χ1n) is 10.6. The van der Waals surface area contributed by atoms with Gasteiger partial charge >= 0.3 is 0 Å². The molecule has 0 radical (unpaired) electrons. The predicted molar refractivity (Wildman–Crippen MR) is 129 cm³/mol. The van der Waals surface area contributed by atoms with Gasteiger partial charge in [-0.05, 0) is 80.6 Å². The van der Waals surface area contributed by atoms with E-state index in [2.05, 4.69) is 24.4 Å². The van der Waals surface area contributed by atoms with Crippen molar-refractivity contribution in [1.29, 1.82) is 0 Å². The molecule has 3 rings (SSSR count). The van der Waals surface area contributed by atoms with Crippen LogP contribution in [0.3, 0.4) is 0 Å². The number of aryl methyl sites for hydroxylation is 4. The molecule has 5 nitrogen and oxygen atoms in total. The molecule has 0 aromatic heterocycles. The number of amides is 1. The van der Waals surface area contributed by atoms with Crippen molar-refractivity contribution in [3.05, 3.63) is 94.5 Å². The third-order valence-corrected chi connectivity index (χ3v) is 7.50. The molecule has 1 atom stereocenters. The van der Waals surface area contributed by atoms with Crippen molar-refractivity contribution in [2.45, 2.75) is 45.6 Å². The van der Waals surface area contributed by atoms with Crippen LogP contribution in [0.5, 0.6) is 0 Å². The first-order chi connectivity index (χ1) is 15.1. The highest BCUT2D eigenvalue weighted by atomic mass is 32.2. The summed E-state index contributed by atoms with van der Waals surface area (Å²) in [6.07, 6.45) is 0. The molecular weight excluding hydrogens is 420 g/mol. The molecule has 3 aromatic carbocycles. The van der Waals surface area contributed by atoms with Crippen LogP contribution in [0.25, 0.3) is 0 Å². The molecule has 0 saturated heterocycles. The Labute approximate surface area is 191 Å². The second-order valence-corrected chi connectivity index (χ2v) is 10.1. The molecular formula is C26H30N2O3S. The van der Waals surface area contributed by atoms with Crippen molar-refractivity contribution in [3.63, 3.8) is 0 Å². The molecule has 0 bridgehead atoms. The van der Waals surface area contributed by atoms with Crippen LogP contribution >= 0.6 is 0 Å². The Morgan fingerprint density at radius 3 is 2.09 bits per heavy atom. The summed E-state index contributed by atoms with van der Waals surface area (Å²) < 4.78 is 28.1. The maximum Gasteiger partial charge on any atom is 0.264 e. The fourth-order valence-corrected chi connectivity index (χ4v) is 5.31. The third-order valence-electron chi connectivity index (χ3n) is 5.73. The zero-order valence-corrected chi connectivity index (χ0v) is 20.0. The number of nitrogens with zero attached hydrogens (tertiary/aromatic N) is 1. The van der Waals surface area contributed by atoms with E-state index >= 15 is 0 Å². The lowest BCUT2D eigenvalue weighted by Gasteiger charge is -2.26. The van der Waals surface area contributed by atoms with Crippen LogP contribution in [0, 0.1) is 27.7 Å². The van der Waals surface area contributed by atoms with E-state index in [1.165, 1.54) is 9.87 Å². The maximum atomic E-state index is 13.5. The second-order valence-electron chi connectivity index (χ2n) is 8.19. The molecule has 0 saturated carbocycles. The molecule has 0 spiro atoms. The Morgan fingerprint density at radius 2 is 1.44 bits per heavy atom. The molecule has 0 aliphatic carbocycles. The number of para-hydroxylation sites is 1. The van der Waals surface area contributed by atoms with Gasteiger partial charge in [-0.1, -0.05) is 48.5 Å². The van der Waals surface area contributed by atoms with E-state index in [9.17, 15) is 13.2 Å². The standard InChI is InChI=1S/C26H30N2O3S/c1-18-11-9-10-14-25(18)28(32(30,31)23-12-7-6-8-13-23)17-26(29)27-22(5)24-16-20(3)19(2)15-21(24)4/h6-16,22H,17H2,1-5H3,(H,27,29). The summed E-state index contributed by atoms with van der Waals surface area (Å²) in [5.74, 6) is -0.363. The molecule has 32 heavy (non-hydrogen) atoms. The van der Waals surface area contributed by atoms with E-state index < -0.39 is 10.0 Å². The van der Waals surface area contributed by atoms with Crippen molar-refractivity contribution in [2.75, 3.05) is 10.8 Å². The van der Waals surface area contributed by atoms with Gasteiger partial charge in [-0.3, -0.25) is 9.10 Å². The maximum absolute atomic E-state index is 13.5. The lowest BCUT2D eigenvalue weighted by Crippen LogP contribution is -2.42. The van der Waals surface area contributed by atoms with Gasteiger partial charge in [0.25, 0.3) is 10.0 Å². The molecule has 168 valence electrons. The first-order valence-corrected chi connectivity index (χ1v) is 12.1. The normalized spacial score (nSPS) is 12.3. The molecule has 0 heterocycles. The van der Waals surface area contributed by atoms with Crippen LogP contribution in [-0.4, -0.2) is 20.9 Å². The Balaban J connectivity index is 1.91. The smallest absolute Gasteiger partial charge is 0.264 e. The van der Waals surface area contributed by atoms with E-state index in [0.717, 1.165) is 22.3 Å². The van der Waals surface area contributed by atoms with E-state index in [1.807, 2.05) is 39.8 Å². The number of nitrogens with one attached hydrogen (secondary N) is 1. The zero-order chi connectivity index (χ0) is 23.5. The van der Waals surface area contributed by atoms with Gasteiger partial charge < -0.3 is 5.32 Å². The van der Waals surface area contributed by atoms with E-state index in [-0.39, 0.29) is 23.4 Å². The second kappa shape index (κ2) is 9.57. The van der Waals surface area contributed by atoms with Gasteiger partial charge in [-0.25, -0.2) is 8.42 Å². The summed E-state index contributed by atoms with van der Waals surface area (Å²) in [7, 11) is -3.92. The minimum absolute atomic E-state index is 0.147. The van der Waals surface area contributed by atoms with Crippen LogP contribution in [0.1, 0.15) is 40.8 Å². The van der Waals surface area contributed by atoms with Crippen LogP contribution < -0.4 is 9.62 Å². The number of rotatable bonds is 7. The van der Waals surface area contributed by atoms with Gasteiger partial charge in [0.1, 0.15) is 6.54 Å². The lowest BCUT2D eigenvalue weighted by molar-refractivity contribution is -0.120. The molecule has 3 aromatic rings. The van der Waals surface area contributed by atoms with Crippen LogP contribution in [-0.2, 0) is 14.8 Å². The highest BCUT2D eigenvalue weighted by Gasteiger charge is 2.28. The van der Waals surface area contributed by atoms with E-state index in [0.29, 0.717) is 5.69 Å². The molecule has 0 aliphatic heterocycles. The number of hydrogen-bond acceptors (Lipinski definition) is 3. The fourth-order valence-electron chi connectivity index (χ4n) is 3.81. The lowest BCUT2D eigenvalue weighted by atomic mass is 9.96. The average Bonchev–Trinajstić information content (AvgIpc) is 2.75. The van der Waals surface area contributed by atoms with Crippen molar-refractivity contribution in [2.24, 2.45) is 0 Å². The minimum atomic E-state index is -3.92. The predicted octanol–water partition coefficient (Wildman–Crippen LogP) is 4.99. The minimum Gasteiger partial charge on any atom is -0.348 e. The van der Waals surface area contributed by atoms with E-state index in [4.69, 9.17) is 0 Å². The molecule has 6 heteroatoms. The third kappa shape index (κ3) is 5.02. The van der Waals surface area contributed by atoms with Gasteiger partial charge in [0.2, 0.25) is 5.91 Å². The Bertz CT molecular complexity index is 1220. The summed E-state index contributed by atoms with van der Waals surface area (Å²) in [5.41, 5.74) is 5.73. The SMILES string of the molecule is Cc1cc(C)c(C(C)NC(=O)CN(c2ccccc2C)S(=O)(=O)c2ccccc2)cc1C. The molecule has 1 N–H and O–H groups in total. The van der Waals surface area contributed by atoms with E-state index in [1.54, 1.807) is 42.5 Å². The number of carbonyl (C=O) groups excluding carboxylic acids is 1. The summed E-state index contributed by atoms with van der Waals surface area (Å²) >= 11 is 0. The highest BCUT2D eigenvalue weighted by molar-refractivity contribution is 7.92. The first kappa shape index (κ1) is 23.5. The van der Waals surface area contributed by atoms with Crippen LogP contribution in [0.15, 0.2) is 71.6 Å². The summed E-state index contributed by atoms with van der Waals surface area (Å²) in [6, 6.07) is 19.3. The molecule has 1 unspecified atom stereocenters. The number of sulfonamides is 1. The molecule has 0 fully saturated rings. The quantitative estimate of drug-likeness (QED) is 0.551. The van der Waals surface area contributed by atoms with Crippen LogP contribution in [0.2, 0.25) is 0 Å². The molecule has 0 aliphatic rings. The van der Waals surface area contributed by atoms with Gasteiger partial charge in [0, 0.05) is 0 Å². The zero-order valence-electron chi connectivity index (χ0n) is 19.2. The highest BCUT2D eigenvalue weighted by Crippen LogP contribution is 2.27. The Kier molecular flexibility index (Phi) is 7.04. The van der Waals surface area contributed by atoms with Gasteiger partial charge in [-0.15, -0.1) is 0 Å². The van der Waals surface area contributed by atoms with Crippen molar-refractivity contribution >= 4 is 21.6 Å². The van der Waals surface area contributed by atoms with Gasteiger partial charge in [0.05, 0.1) is 16.6 Å². The molecule has 1 amide bonds. The number of hydrogen-bond donors (Lipinski definition) is 1. The van der Waals surface area contributed by atoms with Crippen molar-refractivity contribution in [1.82, 2.24) is 5.32 Å². The Hall–Kier alpha value is -3.12. The summed E-state index contributed by atoms with van der Waals surface area (Å²) in [5, 5.41) is 2.98. The number of carbonyl (C=O) groups is 1. The van der Waals surface area contributed by atoms with Gasteiger partial charge in [0.15, 0.2) is 0 Å². The number of anilines is 1.